The lowest BCUT2D eigenvalue weighted by molar-refractivity contribution is -0.150. The van der Waals surface area contributed by atoms with E-state index in [9.17, 15) is 14.7 Å². The first-order chi connectivity index (χ1) is 24.6. The third-order valence-electron chi connectivity index (χ3n) is 9.55. The van der Waals surface area contributed by atoms with Gasteiger partial charge in [0, 0.05) is 13.0 Å². The summed E-state index contributed by atoms with van der Waals surface area (Å²) in [5.41, 5.74) is 0. The van der Waals surface area contributed by atoms with E-state index in [1.54, 1.807) is 0 Å². The molecule has 296 valence electrons. The number of aliphatic hydroxyl groups is 1. The van der Waals surface area contributed by atoms with Crippen molar-refractivity contribution >= 4 is 12.1 Å². The van der Waals surface area contributed by atoms with E-state index < -0.39 is 6.16 Å². The third-order valence-corrected chi connectivity index (χ3v) is 9.55. The molecule has 0 aliphatic heterocycles. The summed E-state index contributed by atoms with van der Waals surface area (Å²) < 4.78 is 16.4. The van der Waals surface area contributed by atoms with Crippen LogP contribution in [0.15, 0.2) is 12.2 Å². The van der Waals surface area contributed by atoms with Gasteiger partial charge in [0.25, 0.3) is 0 Å². The highest BCUT2D eigenvalue weighted by molar-refractivity contribution is 5.69. The molecule has 0 radical (unpaired) electrons. The number of hydrogen-bond acceptors (Lipinski definition) is 7. The zero-order chi connectivity index (χ0) is 36.6. The van der Waals surface area contributed by atoms with Crippen molar-refractivity contribution in [3.63, 3.8) is 0 Å². The first kappa shape index (κ1) is 48.4. The van der Waals surface area contributed by atoms with Crippen molar-refractivity contribution in [1.29, 1.82) is 0 Å². The molecule has 0 aliphatic carbocycles. The van der Waals surface area contributed by atoms with Gasteiger partial charge < -0.3 is 24.2 Å². The van der Waals surface area contributed by atoms with E-state index in [1.807, 2.05) is 0 Å². The molecule has 0 heterocycles. The number of carbonyl (C=O) groups is 2. The lowest BCUT2D eigenvalue weighted by atomic mass is 10.0. The lowest BCUT2D eigenvalue weighted by Gasteiger charge is -2.21. The first-order valence-electron chi connectivity index (χ1n) is 21.5. The van der Waals surface area contributed by atoms with E-state index in [0.717, 1.165) is 122 Å². The maximum Gasteiger partial charge on any atom is 0.508 e. The highest BCUT2D eigenvalue weighted by atomic mass is 16.7. The number of nitrogens with zero attached hydrogens (tertiary/aromatic N) is 1. The van der Waals surface area contributed by atoms with E-state index in [2.05, 4.69) is 37.8 Å². The minimum atomic E-state index is -0.545. The Bertz CT molecular complexity index is 729. The summed E-state index contributed by atoms with van der Waals surface area (Å²) in [5.74, 6) is 0.00424. The standard InChI is InChI=1S/C43H83NO6/c1-4-7-10-13-16-23-30-39-48-43(47)49-40-31-24-22-29-36-44(37-38-45)35-28-21-17-20-27-34-42(46)50-41(32-25-18-14-11-8-5-2)33-26-19-15-12-9-6-3/h7,10,41,45H,4-6,8-9,11-40H2,1-3H3. The van der Waals surface area contributed by atoms with Crippen LogP contribution < -0.4 is 0 Å². The van der Waals surface area contributed by atoms with Crippen LogP contribution in [0, 0.1) is 0 Å². The minimum Gasteiger partial charge on any atom is -0.462 e. The van der Waals surface area contributed by atoms with Crippen molar-refractivity contribution < 1.29 is 28.9 Å². The van der Waals surface area contributed by atoms with Gasteiger partial charge >= 0.3 is 12.1 Å². The normalized spacial score (nSPS) is 11.6. The number of rotatable bonds is 39. The van der Waals surface area contributed by atoms with Gasteiger partial charge in [-0.3, -0.25) is 4.79 Å². The average molecular weight is 710 g/mol. The van der Waals surface area contributed by atoms with Gasteiger partial charge in [-0.1, -0.05) is 129 Å². The number of allylic oxidation sites excluding steroid dienone is 2. The second-order valence-electron chi connectivity index (χ2n) is 14.4. The smallest absolute Gasteiger partial charge is 0.462 e. The fourth-order valence-electron chi connectivity index (χ4n) is 6.39. The minimum absolute atomic E-state index is 0.00424. The van der Waals surface area contributed by atoms with Gasteiger partial charge in [-0.15, -0.1) is 0 Å². The Kier molecular flexibility index (Phi) is 38.9. The molecule has 0 unspecified atom stereocenters. The Morgan fingerprint density at radius 1 is 0.560 bits per heavy atom. The maximum absolute atomic E-state index is 12.7. The van der Waals surface area contributed by atoms with Gasteiger partial charge in [-0.25, -0.2) is 4.79 Å². The monoisotopic (exact) mass is 710 g/mol. The lowest BCUT2D eigenvalue weighted by Crippen LogP contribution is -2.29. The van der Waals surface area contributed by atoms with Crippen LogP contribution in [0.4, 0.5) is 4.79 Å². The van der Waals surface area contributed by atoms with Crippen molar-refractivity contribution in [1.82, 2.24) is 4.90 Å². The summed E-state index contributed by atoms with van der Waals surface area (Å²) in [6.07, 6.45) is 36.6. The van der Waals surface area contributed by atoms with Crippen molar-refractivity contribution in [3.05, 3.63) is 12.2 Å². The summed E-state index contributed by atoms with van der Waals surface area (Å²) in [6, 6.07) is 0. The average Bonchev–Trinajstić information content (AvgIpc) is 3.11. The van der Waals surface area contributed by atoms with E-state index in [0.29, 0.717) is 19.6 Å². The van der Waals surface area contributed by atoms with E-state index in [1.165, 1.54) is 77.0 Å². The molecule has 0 aromatic carbocycles. The number of ether oxygens (including phenoxy) is 3. The summed E-state index contributed by atoms with van der Waals surface area (Å²) in [7, 11) is 0. The van der Waals surface area contributed by atoms with Crippen LogP contribution in [0.3, 0.4) is 0 Å². The Balaban J connectivity index is 3.95. The molecule has 0 bridgehead atoms. The molecule has 1 N–H and O–H groups in total. The van der Waals surface area contributed by atoms with Crippen LogP contribution in [0.5, 0.6) is 0 Å². The van der Waals surface area contributed by atoms with Gasteiger partial charge in [0.1, 0.15) is 6.10 Å². The number of aliphatic hydroxyl groups excluding tert-OH is 1. The molecule has 0 aromatic heterocycles. The van der Waals surface area contributed by atoms with Gasteiger partial charge in [0.05, 0.1) is 19.8 Å². The molecular weight excluding hydrogens is 626 g/mol. The first-order valence-corrected chi connectivity index (χ1v) is 21.5. The molecule has 0 aliphatic rings. The topological polar surface area (TPSA) is 85.3 Å². The summed E-state index contributed by atoms with van der Waals surface area (Å²) in [5, 5.41) is 9.52. The highest BCUT2D eigenvalue weighted by Gasteiger charge is 2.14. The van der Waals surface area contributed by atoms with Crippen LogP contribution in [0.2, 0.25) is 0 Å². The Morgan fingerprint density at radius 3 is 1.58 bits per heavy atom. The van der Waals surface area contributed by atoms with Crippen molar-refractivity contribution in [2.75, 3.05) is 39.5 Å². The zero-order valence-corrected chi connectivity index (χ0v) is 33.4. The van der Waals surface area contributed by atoms with Crippen LogP contribution in [-0.2, 0) is 19.0 Å². The molecule has 7 nitrogen and oxygen atoms in total. The number of hydrogen-bond donors (Lipinski definition) is 1. The fourth-order valence-corrected chi connectivity index (χ4v) is 6.39. The molecule has 0 atom stereocenters. The van der Waals surface area contributed by atoms with Gasteiger partial charge in [0.15, 0.2) is 0 Å². The van der Waals surface area contributed by atoms with E-state index in [-0.39, 0.29) is 18.7 Å². The molecule has 7 heteroatoms. The van der Waals surface area contributed by atoms with Crippen LogP contribution >= 0.6 is 0 Å². The number of esters is 1. The van der Waals surface area contributed by atoms with Gasteiger partial charge in [-0.05, 0) is 96.6 Å². The Labute approximate surface area is 310 Å². The fraction of sp³-hybridized carbons (Fsp3) is 0.907. The quantitative estimate of drug-likeness (QED) is 0.0386. The Hall–Kier alpha value is -1.60. The van der Waals surface area contributed by atoms with Crippen LogP contribution in [-0.4, -0.2) is 67.7 Å². The van der Waals surface area contributed by atoms with Gasteiger partial charge in [-0.2, -0.15) is 0 Å². The van der Waals surface area contributed by atoms with Crippen LogP contribution in [0.1, 0.15) is 207 Å². The number of carbonyl (C=O) groups excluding carboxylic acids is 2. The molecule has 50 heavy (non-hydrogen) atoms. The van der Waals surface area contributed by atoms with Crippen molar-refractivity contribution in [2.45, 2.75) is 213 Å². The SMILES string of the molecule is CCC=CCCCCCOC(=O)OCCCCCCN(CCO)CCCCCCCC(=O)OC(CCCCCCCC)CCCCCCCC. The maximum atomic E-state index is 12.7. The number of unbranched alkanes of at least 4 members (excludes halogenated alkanes) is 20. The van der Waals surface area contributed by atoms with Crippen LogP contribution in [0.25, 0.3) is 0 Å². The van der Waals surface area contributed by atoms with Crippen molar-refractivity contribution in [3.8, 4) is 0 Å². The predicted molar refractivity (Wildman–Crippen MR) is 211 cm³/mol. The molecular formula is C43H83NO6. The molecule has 0 rings (SSSR count). The second-order valence-corrected chi connectivity index (χ2v) is 14.4. The largest absolute Gasteiger partial charge is 0.508 e. The third kappa shape index (κ3) is 36.2. The molecule has 0 fully saturated rings. The zero-order valence-electron chi connectivity index (χ0n) is 33.4. The summed E-state index contributed by atoms with van der Waals surface area (Å²) in [4.78, 5) is 26.8. The van der Waals surface area contributed by atoms with E-state index in [4.69, 9.17) is 14.2 Å². The highest BCUT2D eigenvalue weighted by Crippen LogP contribution is 2.18. The molecule has 0 amide bonds. The summed E-state index contributed by atoms with van der Waals surface area (Å²) in [6.45, 7) is 10.4. The second kappa shape index (κ2) is 40.2. The predicted octanol–water partition coefficient (Wildman–Crippen LogP) is 12.3. The molecule has 0 saturated heterocycles. The Morgan fingerprint density at radius 2 is 1.04 bits per heavy atom. The molecule has 0 aromatic rings. The van der Waals surface area contributed by atoms with Gasteiger partial charge in [0.2, 0.25) is 0 Å². The van der Waals surface area contributed by atoms with Crippen molar-refractivity contribution in [2.24, 2.45) is 0 Å². The van der Waals surface area contributed by atoms with E-state index >= 15 is 0 Å². The molecule has 0 saturated carbocycles. The summed E-state index contributed by atoms with van der Waals surface area (Å²) >= 11 is 0. The molecule has 0 spiro atoms.